The number of nitrogens with zero attached hydrogens (tertiary/aromatic N) is 1. The lowest BCUT2D eigenvalue weighted by molar-refractivity contribution is -0.119. The molecule has 3 N–H and O–H groups in total. The summed E-state index contributed by atoms with van der Waals surface area (Å²) in [6.45, 7) is 2.90. The van der Waals surface area contributed by atoms with E-state index >= 15 is 0 Å². The van der Waals surface area contributed by atoms with Gasteiger partial charge in [0, 0.05) is 18.1 Å². The number of rotatable bonds is 4. The molecular weight excluding hydrogens is 226 g/mol. The maximum atomic E-state index is 5.99. The van der Waals surface area contributed by atoms with Crippen LogP contribution in [0.2, 0.25) is 0 Å². The summed E-state index contributed by atoms with van der Waals surface area (Å²) < 4.78 is 5.89. The van der Waals surface area contributed by atoms with Crippen molar-refractivity contribution in [1.82, 2.24) is 5.32 Å². The average molecular weight is 251 g/mol. The van der Waals surface area contributed by atoms with Gasteiger partial charge in [-0.2, -0.15) is 0 Å². The van der Waals surface area contributed by atoms with Crippen LogP contribution in [0.15, 0.2) is 4.99 Å². The summed E-state index contributed by atoms with van der Waals surface area (Å²) in [6, 6.07) is 0.985. The van der Waals surface area contributed by atoms with Crippen molar-refractivity contribution in [2.75, 3.05) is 6.61 Å². The first-order valence-electron chi connectivity index (χ1n) is 7.46. The van der Waals surface area contributed by atoms with Gasteiger partial charge in [0.05, 0.1) is 12.1 Å². The first kappa shape index (κ1) is 12.3. The maximum Gasteiger partial charge on any atom is 0.189 e. The maximum absolute atomic E-state index is 5.99. The van der Waals surface area contributed by atoms with E-state index in [9.17, 15) is 0 Å². The normalized spacial score (nSPS) is 34.6. The molecule has 0 aromatic carbocycles. The Kier molecular flexibility index (Phi) is 3.22. The lowest BCUT2D eigenvalue weighted by atomic mass is 9.61. The summed E-state index contributed by atoms with van der Waals surface area (Å²) in [5.74, 6) is 0.656. The first-order chi connectivity index (χ1) is 8.74. The van der Waals surface area contributed by atoms with Crippen LogP contribution in [-0.2, 0) is 4.74 Å². The Bertz CT molecular complexity index is 332. The summed E-state index contributed by atoms with van der Waals surface area (Å²) in [5.41, 5.74) is 6.30. The molecule has 0 unspecified atom stereocenters. The molecule has 3 saturated carbocycles. The van der Waals surface area contributed by atoms with Crippen molar-refractivity contribution < 1.29 is 4.74 Å². The third-order valence-electron chi connectivity index (χ3n) is 4.87. The molecule has 102 valence electrons. The van der Waals surface area contributed by atoms with Gasteiger partial charge in [-0.1, -0.05) is 12.8 Å². The zero-order valence-corrected chi connectivity index (χ0v) is 11.3. The highest BCUT2D eigenvalue weighted by Crippen LogP contribution is 2.56. The summed E-state index contributed by atoms with van der Waals surface area (Å²) in [6.07, 6.45) is 9.15. The van der Waals surface area contributed by atoms with Gasteiger partial charge in [-0.3, -0.25) is 0 Å². The minimum atomic E-state index is 0.311. The molecule has 0 saturated heterocycles. The average Bonchev–Trinajstić information content (AvgIpc) is 2.98. The number of hydrogen-bond acceptors (Lipinski definition) is 2. The predicted molar refractivity (Wildman–Crippen MR) is 72.5 cm³/mol. The molecule has 3 aliphatic carbocycles. The second-order valence-corrected chi connectivity index (χ2v) is 6.07. The van der Waals surface area contributed by atoms with Gasteiger partial charge < -0.3 is 15.8 Å². The fourth-order valence-corrected chi connectivity index (χ4v) is 3.67. The Hall–Kier alpha value is -0.770. The van der Waals surface area contributed by atoms with E-state index < -0.39 is 0 Å². The molecule has 3 fully saturated rings. The van der Waals surface area contributed by atoms with E-state index in [4.69, 9.17) is 15.5 Å². The molecule has 0 aromatic heterocycles. The molecule has 4 heteroatoms. The molecule has 0 heterocycles. The van der Waals surface area contributed by atoms with Gasteiger partial charge in [-0.05, 0) is 39.0 Å². The van der Waals surface area contributed by atoms with Crippen molar-refractivity contribution in [3.63, 3.8) is 0 Å². The first-order valence-corrected chi connectivity index (χ1v) is 7.46. The summed E-state index contributed by atoms with van der Waals surface area (Å²) >= 11 is 0. The van der Waals surface area contributed by atoms with Crippen LogP contribution in [0.5, 0.6) is 0 Å². The van der Waals surface area contributed by atoms with Crippen LogP contribution < -0.4 is 11.1 Å². The van der Waals surface area contributed by atoms with Crippen LogP contribution >= 0.6 is 0 Å². The Labute approximate surface area is 109 Å². The van der Waals surface area contributed by atoms with Gasteiger partial charge in [-0.25, -0.2) is 4.99 Å². The van der Waals surface area contributed by atoms with Crippen LogP contribution in [0.1, 0.15) is 51.9 Å². The van der Waals surface area contributed by atoms with Gasteiger partial charge in [0.1, 0.15) is 0 Å². The Morgan fingerprint density at radius 2 is 2.11 bits per heavy atom. The molecular formula is C14H25N3O. The fourth-order valence-electron chi connectivity index (χ4n) is 3.67. The molecule has 0 aliphatic heterocycles. The molecule has 0 bridgehead atoms. The van der Waals surface area contributed by atoms with Gasteiger partial charge >= 0.3 is 0 Å². The Morgan fingerprint density at radius 3 is 2.72 bits per heavy atom. The second kappa shape index (κ2) is 4.72. The third kappa shape index (κ3) is 2.11. The van der Waals surface area contributed by atoms with Crippen LogP contribution in [-0.4, -0.2) is 30.8 Å². The quantitative estimate of drug-likeness (QED) is 0.591. The molecule has 3 rings (SSSR count). The van der Waals surface area contributed by atoms with Crippen molar-refractivity contribution in [3.05, 3.63) is 0 Å². The van der Waals surface area contributed by atoms with Crippen molar-refractivity contribution in [2.24, 2.45) is 16.1 Å². The lowest BCUT2D eigenvalue weighted by Gasteiger charge is -2.52. The molecule has 4 nitrogen and oxygen atoms in total. The molecule has 0 amide bonds. The van der Waals surface area contributed by atoms with Gasteiger partial charge in [0.15, 0.2) is 5.96 Å². The van der Waals surface area contributed by atoms with Crippen molar-refractivity contribution >= 4 is 5.96 Å². The highest BCUT2D eigenvalue weighted by Gasteiger charge is 2.57. The van der Waals surface area contributed by atoms with E-state index in [1.54, 1.807) is 0 Å². The van der Waals surface area contributed by atoms with Crippen LogP contribution in [0.4, 0.5) is 0 Å². The van der Waals surface area contributed by atoms with E-state index in [1.807, 2.05) is 0 Å². The topological polar surface area (TPSA) is 59.6 Å². The summed E-state index contributed by atoms with van der Waals surface area (Å²) in [5, 5.41) is 3.29. The monoisotopic (exact) mass is 251 g/mol. The largest absolute Gasteiger partial charge is 0.378 e. The minimum Gasteiger partial charge on any atom is -0.378 e. The number of ether oxygens (including phenoxy) is 1. The molecule has 18 heavy (non-hydrogen) atoms. The van der Waals surface area contributed by atoms with E-state index in [0.29, 0.717) is 29.6 Å². The fraction of sp³-hybridized carbons (Fsp3) is 0.929. The van der Waals surface area contributed by atoms with Gasteiger partial charge in [0.2, 0.25) is 0 Å². The standard InChI is InChI=1S/C14H25N3O/c1-2-18-12-9-11(14(12)7-3-4-8-14)17-13(15)16-10-5-6-10/h10-12H,2-9H2,1H3,(H3,15,16,17)/t11-,12-/m1/s1. The van der Waals surface area contributed by atoms with Crippen LogP contribution in [0, 0.1) is 5.41 Å². The lowest BCUT2D eigenvalue weighted by Crippen LogP contribution is -2.57. The highest BCUT2D eigenvalue weighted by atomic mass is 16.5. The summed E-state index contributed by atoms with van der Waals surface area (Å²) in [7, 11) is 0. The van der Waals surface area contributed by atoms with E-state index in [1.165, 1.54) is 38.5 Å². The molecule has 0 radical (unpaired) electrons. The molecule has 0 aromatic rings. The van der Waals surface area contributed by atoms with E-state index in [2.05, 4.69) is 12.2 Å². The van der Waals surface area contributed by atoms with E-state index in [0.717, 1.165) is 13.0 Å². The zero-order chi connectivity index (χ0) is 12.6. The zero-order valence-electron chi connectivity index (χ0n) is 11.3. The SMILES string of the molecule is CCO[C@@H]1C[C@@H](N=C(N)NC2CC2)C12CCCC2. The predicted octanol–water partition coefficient (Wildman–Crippen LogP) is 1.79. The number of aliphatic imine (C=N–C) groups is 1. The second-order valence-electron chi connectivity index (χ2n) is 6.07. The summed E-state index contributed by atoms with van der Waals surface area (Å²) in [4.78, 5) is 4.73. The highest BCUT2D eigenvalue weighted by molar-refractivity contribution is 5.78. The number of nitrogens with two attached hydrogens (primary N) is 1. The Balaban J connectivity index is 1.65. The minimum absolute atomic E-state index is 0.311. The van der Waals surface area contributed by atoms with Crippen LogP contribution in [0.25, 0.3) is 0 Å². The smallest absolute Gasteiger partial charge is 0.189 e. The van der Waals surface area contributed by atoms with Gasteiger partial charge in [0.25, 0.3) is 0 Å². The third-order valence-corrected chi connectivity index (χ3v) is 4.87. The van der Waals surface area contributed by atoms with E-state index in [-0.39, 0.29) is 0 Å². The van der Waals surface area contributed by atoms with Crippen molar-refractivity contribution in [3.8, 4) is 0 Å². The van der Waals surface area contributed by atoms with Crippen molar-refractivity contribution in [1.29, 1.82) is 0 Å². The van der Waals surface area contributed by atoms with Crippen LogP contribution in [0.3, 0.4) is 0 Å². The molecule has 1 spiro atoms. The van der Waals surface area contributed by atoms with Crippen molar-refractivity contribution in [2.45, 2.75) is 70.1 Å². The van der Waals surface area contributed by atoms with Gasteiger partial charge in [-0.15, -0.1) is 0 Å². The molecule has 2 atom stereocenters. The Morgan fingerprint density at radius 1 is 1.39 bits per heavy atom. The number of hydrogen-bond donors (Lipinski definition) is 2. The number of nitrogens with one attached hydrogen (secondary N) is 1. The number of guanidine groups is 1. The molecule has 3 aliphatic rings.